The standard InChI is InChI=1S/C15H15N5O3/c1-8-12(13(14(16)21)19-18-8)17-15(22)10-7-11(23-20-10)9-5-3-2-4-6-9/h2-6,11H,7H2,1H3,(H2,16,21)(H,17,22)(H,18,19). The summed E-state index contributed by atoms with van der Waals surface area (Å²) in [6.07, 6.45) is 0.0524. The van der Waals surface area contributed by atoms with Gasteiger partial charge in [0.05, 0.1) is 11.4 Å². The smallest absolute Gasteiger partial charge is 0.273 e. The quantitative estimate of drug-likeness (QED) is 0.786. The number of aromatic nitrogens is 2. The maximum absolute atomic E-state index is 12.3. The Morgan fingerprint density at radius 2 is 2.09 bits per heavy atom. The van der Waals surface area contributed by atoms with E-state index in [1.807, 2.05) is 30.3 Å². The second kappa shape index (κ2) is 5.91. The molecule has 1 aliphatic rings. The first-order valence-corrected chi connectivity index (χ1v) is 7.00. The molecule has 23 heavy (non-hydrogen) atoms. The summed E-state index contributed by atoms with van der Waals surface area (Å²) in [4.78, 5) is 28.9. The maximum atomic E-state index is 12.3. The summed E-state index contributed by atoms with van der Waals surface area (Å²) in [7, 11) is 0. The van der Waals surface area contributed by atoms with Gasteiger partial charge in [-0.25, -0.2) is 0 Å². The average molecular weight is 313 g/mol. The van der Waals surface area contributed by atoms with Gasteiger partial charge in [0.15, 0.2) is 11.8 Å². The fraction of sp³-hybridized carbons (Fsp3) is 0.200. The lowest BCUT2D eigenvalue weighted by atomic mass is 10.0. The van der Waals surface area contributed by atoms with E-state index < -0.39 is 11.8 Å². The van der Waals surface area contributed by atoms with Gasteiger partial charge in [-0.2, -0.15) is 5.10 Å². The molecule has 118 valence electrons. The highest BCUT2D eigenvalue weighted by molar-refractivity contribution is 6.43. The topological polar surface area (TPSA) is 122 Å². The second-order valence-electron chi connectivity index (χ2n) is 5.14. The predicted molar refractivity (Wildman–Crippen MR) is 82.8 cm³/mol. The Morgan fingerprint density at radius 3 is 2.78 bits per heavy atom. The number of nitrogens with two attached hydrogens (primary N) is 1. The Kier molecular flexibility index (Phi) is 3.80. The third-order valence-electron chi connectivity index (χ3n) is 3.52. The molecule has 2 aromatic rings. The molecule has 2 heterocycles. The van der Waals surface area contributed by atoms with Crippen molar-refractivity contribution >= 4 is 23.2 Å². The van der Waals surface area contributed by atoms with Crippen LogP contribution in [0.15, 0.2) is 35.5 Å². The van der Waals surface area contributed by atoms with E-state index in [2.05, 4.69) is 20.7 Å². The third-order valence-corrected chi connectivity index (χ3v) is 3.52. The van der Waals surface area contributed by atoms with Crippen LogP contribution in [-0.2, 0) is 9.63 Å². The molecule has 0 saturated heterocycles. The zero-order valence-electron chi connectivity index (χ0n) is 12.4. The number of nitrogens with one attached hydrogen (secondary N) is 2. The molecule has 3 rings (SSSR count). The minimum atomic E-state index is -0.726. The normalized spacial score (nSPS) is 16.6. The van der Waals surface area contributed by atoms with Gasteiger partial charge in [0.25, 0.3) is 11.8 Å². The summed E-state index contributed by atoms with van der Waals surface area (Å²) < 4.78 is 0. The number of hydrogen-bond donors (Lipinski definition) is 3. The van der Waals surface area contributed by atoms with E-state index >= 15 is 0 Å². The van der Waals surface area contributed by atoms with Gasteiger partial charge in [-0.15, -0.1) is 0 Å². The van der Waals surface area contributed by atoms with Crippen molar-refractivity contribution in [1.82, 2.24) is 10.2 Å². The molecule has 0 aliphatic carbocycles. The molecule has 0 spiro atoms. The minimum absolute atomic E-state index is 0.0185. The number of hydrogen-bond acceptors (Lipinski definition) is 5. The lowest BCUT2D eigenvalue weighted by Crippen LogP contribution is -2.24. The van der Waals surface area contributed by atoms with Gasteiger partial charge in [-0.05, 0) is 12.5 Å². The first kappa shape index (κ1) is 14.8. The minimum Gasteiger partial charge on any atom is -0.387 e. The Labute approximate surface area is 131 Å². The SMILES string of the molecule is Cc1[nH]nc(C(N)=O)c1NC(=O)C1=NOC(c2ccccc2)C1. The van der Waals surface area contributed by atoms with Gasteiger partial charge in [0.2, 0.25) is 0 Å². The number of amides is 2. The fourth-order valence-corrected chi connectivity index (χ4v) is 2.30. The van der Waals surface area contributed by atoms with Crippen molar-refractivity contribution in [2.45, 2.75) is 19.4 Å². The molecule has 0 bridgehead atoms. The number of carbonyl (C=O) groups excluding carboxylic acids is 2. The Balaban J connectivity index is 1.71. The molecule has 0 radical (unpaired) electrons. The second-order valence-corrected chi connectivity index (χ2v) is 5.14. The Morgan fingerprint density at radius 1 is 1.35 bits per heavy atom. The summed E-state index contributed by atoms with van der Waals surface area (Å²) in [5.41, 5.74) is 7.19. The number of rotatable bonds is 4. The molecule has 1 unspecified atom stereocenters. The lowest BCUT2D eigenvalue weighted by Gasteiger charge is -2.07. The number of nitrogens with zero attached hydrogens (tertiary/aromatic N) is 2. The molecular weight excluding hydrogens is 298 g/mol. The van der Waals surface area contributed by atoms with E-state index in [1.165, 1.54) is 0 Å². The number of carbonyl (C=O) groups is 2. The summed E-state index contributed by atoms with van der Waals surface area (Å²) in [5.74, 6) is -1.17. The first-order chi connectivity index (χ1) is 11.1. The summed E-state index contributed by atoms with van der Waals surface area (Å²) >= 11 is 0. The van der Waals surface area contributed by atoms with Crippen molar-refractivity contribution in [3.63, 3.8) is 0 Å². The summed E-state index contributed by atoms with van der Waals surface area (Å²) in [6, 6.07) is 9.51. The summed E-state index contributed by atoms with van der Waals surface area (Å²) in [6.45, 7) is 1.68. The van der Waals surface area contributed by atoms with Crippen LogP contribution in [-0.4, -0.2) is 27.7 Å². The van der Waals surface area contributed by atoms with Crippen molar-refractivity contribution in [1.29, 1.82) is 0 Å². The number of aryl methyl sites for hydroxylation is 1. The van der Waals surface area contributed by atoms with Gasteiger partial charge < -0.3 is 15.9 Å². The highest BCUT2D eigenvalue weighted by Gasteiger charge is 2.28. The van der Waals surface area contributed by atoms with Gasteiger partial charge in [0.1, 0.15) is 5.71 Å². The number of aromatic amines is 1. The van der Waals surface area contributed by atoms with Crippen LogP contribution in [0.25, 0.3) is 0 Å². The largest absolute Gasteiger partial charge is 0.387 e. The van der Waals surface area contributed by atoms with E-state index in [0.29, 0.717) is 12.1 Å². The van der Waals surface area contributed by atoms with Gasteiger partial charge in [0, 0.05) is 6.42 Å². The lowest BCUT2D eigenvalue weighted by molar-refractivity contribution is -0.110. The molecule has 2 amide bonds. The molecule has 8 heteroatoms. The fourth-order valence-electron chi connectivity index (χ4n) is 2.30. The van der Waals surface area contributed by atoms with Crippen molar-refractivity contribution < 1.29 is 14.4 Å². The van der Waals surface area contributed by atoms with Gasteiger partial charge in [-0.1, -0.05) is 35.5 Å². The number of primary amides is 1. The molecular formula is C15H15N5O3. The van der Waals surface area contributed by atoms with Crippen LogP contribution in [0.1, 0.15) is 34.3 Å². The summed E-state index contributed by atoms with van der Waals surface area (Å²) in [5, 5.41) is 12.8. The molecule has 8 nitrogen and oxygen atoms in total. The molecule has 4 N–H and O–H groups in total. The van der Waals surface area contributed by atoms with Gasteiger partial charge in [-0.3, -0.25) is 14.7 Å². The molecule has 1 aliphatic heterocycles. The van der Waals surface area contributed by atoms with E-state index in [4.69, 9.17) is 10.6 Å². The van der Waals surface area contributed by atoms with Crippen LogP contribution >= 0.6 is 0 Å². The van der Waals surface area contributed by atoms with Crippen LogP contribution in [0.2, 0.25) is 0 Å². The highest BCUT2D eigenvalue weighted by atomic mass is 16.6. The van der Waals surface area contributed by atoms with Gasteiger partial charge >= 0.3 is 0 Å². The third kappa shape index (κ3) is 2.91. The van der Waals surface area contributed by atoms with E-state index in [-0.39, 0.29) is 23.2 Å². The van der Waals surface area contributed by atoms with Crippen LogP contribution < -0.4 is 11.1 Å². The first-order valence-electron chi connectivity index (χ1n) is 7.00. The highest BCUT2D eigenvalue weighted by Crippen LogP contribution is 2.27. The van der Waals surface area contributed by atoms with Crippen LogP contribution in [0, 0.1) is 6.92 Å². The number of anilines is 1. The molecule has 1 aromatic carbocycles. The zero-order chi connectivity index (χ0) is 16.4. The predicted octanol–water partition coefficient (Wildman–Crippen LogP) is 1.27. The van der Waals surface area contributed by atoms with E-state index in [9.17, 15) is 9.59 Å². The monoisotopic (exact) mass is 313 g/mol. The molecule has 1 atom stereocenters. The van der Waals surface area contributed by atoms with Crippen LogP contribution in [0.4, 0.5) is 5.69 Å². The zero-order valence-corrected chi connectivity index (χ0v) is 12.4. The molecule has 0 saturated carbocycles. The van der Waals surface area contributed by atoms with E-state index in [1.54, 1.807) is 6.92 Å². The van der Waals surface area contributed by atoms with Crippen molar-refractivity contribution in [2.75, 3.05) is 5.32 Å². The van der Waals surface area contributed by atoms with Crippen LogP contribution in [0.5, 0.6) is 0 Å². The average Bonchev–Trinajstić information content (AvgIpc) is 3.16. The van der Waals surface area contributed by atoms with E-state index in [0.717, 1.165) is 5.56 Å². The molecule has 1 aromatic heterocycles. The Bertz CT molecular complexity index is 782. The number of oxime groups is 1. The van der Waals surface area contributed by atoms with Crippen molar-refractivity contribution in [3.8, 4) is 0 Å². The number of H-pyrrole nitrogens is 1. The Hall–Kier alpha value is -3.16. The van der Waals surface area contributed by atoms with Crippen molar-refractivity contribution in [3.05, 3.63) is 47.3 Å². The van der Waals surface area contributed by atoms with Crippen molar-refractivity contribution in [2.24, 2.45) is 10.9 Å². The maximum Gasteiger partial charge on any atom is 0.273 e. The number of benzene rings is 1. The molecule has 0 fully saturated rings. The van der Waals surface area contributed by atoms with Crippen LogP contribution in [0.3, 0.4) is 0 Å².